The molecule has 2 rings (SSSR count). The van der Waals surface area contributed by atoms with Crippen LogP contribution in [0.1, 0.15) is 24.8 Å². The molecule has 24 heavy (non-hydrogen) atoms. The van der Waals surface area contributed by atoms with Crippen molar-refractivity contribution in [3.63, 3.8) is 0 Å². The number of carbonyl (C=O) groups excluding carboxylic acids is 2. The van der Waals surface area contributed by atoms with Crippen molar-refractivity contribution in [3.05, 3.63) is 34.9 Å². The summed E-state index contributed by atoms with van der Waals surface area (Å²) in [4.78, 5) is 34.6. The highest BCUT2D eigenvalue weighted by Crippen LogP contribution is 2.25. The Morgan fingerprint density at radius 3 is 2.50 bits per heavy atom. The second-order valence-electron chi connectivity index (χ2n) is 5.71. The van der Waals surface area contributed by atoms with Crippen molar-refractivity contribution in [3.8, 4) is 0 Å². The summed E-state index contributed by atoms with van der Waals surface area (Å²) < 4.78 is 0. The van der Waals surface area contributed by atoms with Crippen LogP contribution in [-0.2, 0) is 16.1 Å². The van der Waals surface area contributed by atoms with Gasteiger partial charge in [0.2, 0.25) is 5.91 Å². The molecule has 130 valence electrons. The van der Waals surface area contributed by atoms with Crippen molar-refractivity contribution in [1.29, 1.82) is 0 Å². The molecule has 1 aliphatic rings. The molecule has 0 spiro atoms. The second kappa shape index (κ2) is 8.54. The Morgan fingerprint density at radius 2 is 1.83 bits per heavy atom. The Hall–Kier alpha value is -2.28. The molecular formula is C16H20ClN3O4. The van der Waals surface area contributed by atoms with E-state index < -0.39 is 23.8 Å². The Labute approximate surface area is 144 Å². The third-order valence-corrected chi connectivity index (χ3v) is 4.21. The topological polar surface area (TPSA) is 108 Å². The average Bonchev–Trinajstić information content (AvgIpc) is 3.00. The van der Waals surface area contributed by atoms with Crippen LogP contribution in [0, 0.1) is 5.92 Å². The summed E-state index contributed by atoms with van der Waals surface area (Å²) in [5.41, 5.74) is 0.884. The monoisotopic (exact) mass is 353 g/mol. The van der Waals surface area contributed by atoms with E-state index in [1.807, 2.05) is 0 Å². The minimum atomic E-state index is -0.897. The summed E-state index contributed by atoms with van der Waals surface area (Å²) in [7, 11) is 0. The van der Waals surface area contributed by atoms with Crippen LogP contribution in [0.25, 0.3) is 0 Å². The molecule has 1 aliphatic carbocycles. The molecule has 3 amide bonds. The van der Waals surface area contributed by atoms with Gasteiger partial charge in [-0.2, -0.15) is 0 Å². The molecule has 0 heterocycles. The van der Waals surface area contributed by atoms with Crippen LogP contribution in [0.4, 0.5) is 4.79 Å². The molecule has 1 aromatic carbocycles. The molecule has 0 radical (unpaired) electrons. The molecular weight excluding hydrogens is 334 g/mol. The van der Waals surface area contributed by atoms with E-state index in [2.05, 4.69) is 16.0 Å². The van der Waals surface area contributed by atoms with Gasteiger partial charge in [0.1, 0.15) is 0 Å². The second-order valence-corrected chi connectivity index (χ2v) is 6.15. The summed E-state index contributed by atoms with van der Waals surface area (Å²) >= 11 is 5.78. The summed E-state index contributed by atoms with van der Waals surface area (Å²) in [6, 6.07) is 6.20. The minimum absolute atomic E-state index is 0.199. The van der Waals surface area contributed by atoms with E-state index in [1.54, 1.807) is 24.3 Å². The fourth-order valence-electron chi connectivity index (χ4n) is 2.69. The van der Waals surface area contributed by atoms with Gasteiger partial charge in [-0.15, -0.1) is 0 Å². The molecule has 1 aromatic rings. The van der Waals surface area contributed by atoms with Gasteiger partial charge in [-0.3, -0.25) is 9.59 Å². The van der Waals surface area contributed by atoms with Gasteiger partial charge in [-0.1, -0.05) is 30.2 Å². The van der Waals surface area contributed by atoms with Crippen LogP contribution in [-0.4, -0.2) is 35.6 Å². The number of benzene rings is 1. The highest BCUT2D eigenvalue weighted by molar-refractivity contribution is 6.30. The Kier molecular flexibility index (Phi) is 6.43. The number of nitrogens with one attached hydrogen (secondary N) is 3. The number of carbonyl (C=O) groups is 3. The molecule has 2 atom stereocenters. The maximum Gasteiger partial charge on any atom is 0.315 e. The number of rotatable bonds is 6. The van der Waals surface area contributed by atoms with Crippen LogP contribution >= 0.6 is 11.6 Å². The van der Waals surface area contributed by atoms with E-state index in [0.717, 1.165) is 12.0 Å². The van der Waals surface area contributed by atoms with Crippen molar-refractivity contribution in [2.45, 2.75) is 31.8 Å². The molecule has 0 aromatic heterocycles. The predicted octanol–water partition coefficient (Wildman–Crippen LogP) is 1.51. The molecule has 0 aliphatic heterocycles. The quantitative estimate of drug-likeness (QED) is 0.621. The van der Waals surface area contributed by atoms with Crippen molar-refractivity contribution >= 4 is 29.5 Å². The maximum atomic E-state index is 11.8. The Balaban J connectivity index is 1.68. The lowest BCUT2D eigenvalue weighted by Crippen LogP contribution is -2.46. The number of amides is 3. The third-order valence-electron chi connectivity index (χ3n) is 3.96. The average molecular weight is 354 g/mol. The molecule has 0 unspecified atom stereocenters. The number of hydrogen-bond donors (Lipinski definition) is 4. The zero-order valence-corrected chi connectivity index (χ0v) is 13.8. The number of hydrogen-bond acceptors (Lipinski definition) is 3. The van der Waals surface area contributed by atoms with Gasteiger partial charge in [0.25, 0.3) is 0 Å². The van der Waals surface area contributed by atoms with Crippen molar-refractivity contribution in [2.24, 2.45) is 5.92 Å². The van der Waals surface area contributed by atoms with E-state index >= 15 is 0 Å². The van der Waals surface area contributed by atoms with Crippen molar-refractivity contribution < 1.29 is 19.5 Å². The van der Waals surface area contributed by atoms with Crippen LogP contribution in [0.3, 0.4) is 0 Å². The third kappa shape index (κ3) is 5.42. The number of aliphatic carboxylic acids is 1. The first kappa shape index (κ1) is 18.1. The van der Waals surface area contributed by atoms with Crippen LogP contribution < -0.4 is 16.0 Å². The fraction of sp³-hybridized carbons (Fsp3) is 0.438. The van der Waals surface area contributed by atoms with Gasteiger partial charge in [0.15, 0.2) is 0 Å². The zero-order chi connectivity index (χ0) is 17.5. The summed E-state index contributed by atoms with van der Waals surface area (Å²) in [5.74, 6) is -1.84. The first-order chi connectivity index (χ1) is 11.5. The van der Waals surface area contributed by atoms with Crippen LogP contribution in [0.2, 0.25) is 5.02 Å². The largest absolute Gasteiger partial charge is 0.481 e. The number of carboxylic acid groups (broad SMARTS) is 1. The van der Waals surface area contributed by atoms with Crippen molar-refractivity contribution in [2.75, 3.05) is 6.54 Å². The van der Waals surface area contributed by atoms with E-state index in [4.69, 9.17) is 16.7 Å². The lowest BCUT2D eigenvalue weighted by molar-refractivity contribution is -0.142. The fourth-order valence-corrected chi connectivity index (χ4v) is 2.82. The van der Waals surface area contributed by atoms with E-state index in [-0.39, 0.29) is 12.6 Å². The predicted molar refractivity (Wildman–Crippen MR) is 88.6 cm³/mol. The smallest absolute Gasteiger partial charge is 0.315 e. The van der Waals surface area contributed by atoms with Crippen LogP contribution in [0.5, 0.6) is 0 Å². The molecule has 7 nitrogen and oxygen atoms in total. The molecule has 0 bridgehead atoms. The van der Waals surface area contributed by atoms with Crippen LogP contribution in [0.15, 0.2) is 24.3 Å². The Morgan fingerprint density at radius 1 is 1.12 bits per heavy atom. The summed E-state index contributed by atoms with van der Waals surface area (Å²) in [5, 5.41) is 17.4. The lowest BCUT2D eigenvalue weighted by atomic mass is 10.0. The van der Waals surface area contributed by atoms with E-state index in [0.29, 0.717) is 24.4 Å². The molecule has 8 heteroatoms. The standard InChI is InChI=1S/C16H20ClN3O4/c17-11-6-4-10(5-7-11)8-18-16(24)19-9-14(21)20-13-3-1-2-12(13)15(22)23/h4-7,12-13H,1-3,8-9H2,(H,20,21)(H,22,23)(H2,18,19,24)/t12-,13+/m1/s1. The highest BCUT2D eigenvalue weighted by Gasteiger charge is 2.33. The summed E-state index contributed by atoms with van der Waals surface area (Å²) in [6.07, 6.45) is 1.98. The van der Waals surface area contributed by atoms with Gasteiger partial charge in [0.05, 0.1) is 12.5 Å². The maximum absolute atomic E-state index is 11.8. The van der Waals surface area contributed by atoms with Gasteiger partial charge in [-0.05, 0) is 30.5 Å². The zero-order valence-electron chi connectivity index (χ0n) is 13.0. The minimum Gasteiger partial charge on any atom is -0.481 e. The SMILES string of the molecule is O=C(CNC(=O)NCc1ccc(Cl)cc1)N[C@H]1CCC[C@H]1C(=O)O. The highest BCUT2D eigenvalue weighted by atomic mass is 35.5. The van der Waals surface area contributed by atoms with E-state index in [9.17, 15) is 14.4 Å². The first-order valence-corrected chi connectivity index (χ1v) is 8.12. The molecule has 1 saturated carbocycles. The van der Waals surface area contributed by atoms with Crippen molar-refractivity contribution in [1.82, 2.24) is 16.0 Å². The normalized spacial score (nSPS) is 19.5. The number of halogens is 1. The Bertz CT molecular complexity index is 606. The number of carboxylic acids is 1. The van der Waals surface area contributed by atoms with E-state index in [1.165, 1.54) is 0 Å². The van der Waals surface area contributed by atoms with Gasteiger partial charge >= 0.3 is 12.0 Å². The van der Waals surface area contributed by atoms with Gasteiger partial charge in [0, 0.05) is 17.6 Å². The van der Waals surface area contributed by atoms with Gasteiger partial charge in [-0.25, -0.2) is 4.79 Å². The molecule has 4 N–H and O–H groups in total. The lowest BCUT2D eigenvalue weighted by Gasteiger charge is -2.17. The number of urea groups is 1. The summed E-state index contributed by atoms with van der Waals surface area (Å²) in [6.45, 7) is 0.115. The molecule has 0 saturated heterocycles. The molecule has 1 fully saturated rings. The van der Waals surface area contributed by atoms with Gasteiger partial charge < -0.3 is 21.1 Å². The first-order valence-electron chi connectivity index (χ1n) is 7.74.